The van der Waals surface area contributed by atoms with Gasteiger partial charge >= 0.3 is 6.18 Å². The van der Waals surface area contributed by atoms with E-state index in [1.54, 1.807) is 11.8 Å². The highest BCUT2D eigenvalue weighted by Crippen LogP contribution is 2.66. The van der Waals surface area contributed by atoms with Gasteiger partial charge in [0.25, 0.3) is 5.91 Å². The van der Waals surface area contributed by atoms with E-state index in [9.17, 15) is 22.8 Å². The van der Waals surface area contributed by atoms with Gasteiger partial charge in [0.1, 0.15) is 16.3 Å². The number of anilines is 1. The molecule has 0 spiro atoms. The summed E-state index contributed by atoms with van der Waals surface area (Å²) in [6.07, 6.45) is -2.22. The third-order valence-corrected chi connectivity index (χ3v) is 8.18. The summed E-state index contributed by atoms with van der Waals surface area (Å²) < 4.78 is 61.1. The maximum absolute atomic E-state index is 15.2. The average molecular weight is 569 g/mol. The summed E-state index contributed by atoms with van der Waals surface area (Å²) >= 11 is 1.20. The highest BCUT2D eigenvalue weighted by Gasteiger charge is 2.71. The number of nitrogens with zero attached hydrogens (tertiary/aromatic N) is 4. The summed E-state index contributed by atoms with van der Waals surface area (Å²) in [6, 6.07) is 3.95. The van der Waals surface area contributed by atoms with Crippen molar-refractivity contribution in [1.82, 2.24) is 14.9 Å². The minimum Gasteiger partial charge on any atom is -0.467 e. The van der Waals surface area contributed by atoms with E-state index in [4.69, 9.17) is 10.5 Å². The molecular weight excluding hydrogens is 544 g/mol. The molecule has 2 fully saturated rings. The highest BCUT2D eigenvalue weighted by molar-refractivity contribution is 8.15. The van der Waals surface area contributed by atoms with Crippen molar-refractivity contribution in [3.05, 3.63) is 47.7 Å². The van der Waals surface area contributed by atoms with Gasteiger partial charge in [-0.25, -0.2) is 14.4 Å². The first-order chi connectivity index (χ1) is 18.4. The number of amides is 2. The first-order valence-corrected chi connectivity index (χ1v) is 12.8. The molecule has 1 aromatic carbocycles. The van der Waals surface area contributed by atoms with E-state index in [1.165, 1.54) is 30.0 Å². The lowest BCUT2D eigenvalue weighted by Crippen LogP contribution is -2.49. The monoisotopic (exact) mass is 568 g/mol. The van der Waals surface area contributed by atoms with Crippen LogP contribution in [0, 0.1) is 11.7 Å². The fraction of sp³-hybridized carbons (Fsp3) is 0.458. The molecule has 39 heavy (non-hydrogen) atoms. The molecule has 15 heteroatoms. The lowest BCUT2D eigenvalue weighted by molar-refractivity contribution is -0.154. The van der Waals surface area contributed by atoms with Crippen LogP contribution in [0.4, 0.5) is 23.2 Å². The Morgan fingerprint density at radius 2 is 2.00 bits per heavy atom. The van der Waals surface area contributed by atoms with Gasteiger partial charge in [-0.1, -0.05) is 11.8 Å². The predicted octanol–water partition coefficient (Wildman–Crippen LogP) is 2.70. The number of carbonyl (C=O) groups is 2. The Kier molecular flexibility index (Phi) is 6.91. The third kappa shape index (κ3) is 5.37. The summed E-state index contributed by atoms with van der Waals surface area (Å²) in [5.74, 6) is -2.10. The molecule has 208 valence electrons. The first-order valence-electron chi connectivity index (χ1n) is 12.0. The van der Waals surface area contributed by atoms with Gasteiger partial charge in [0.05, 0.1) is 31.1 Å². The van der Waals surface area contributed by atoms with E-state index < -0.39 is 40.7 Å². The third-order valence-electron chi connectivity index (χ3n) is 6.89. The molecule has 3 atom stereocenters. The van der Waals surface area contributed by atoms with Crippen LogP contribution in [0.5, 0.6) is 5.88 Å². The van der Waals surface area contributed by atoms with Crippen molar-refractivity contribution >= 4 is 34.4 Å². The summed E-state index contributed by atoms with van der Waals surface area (Å²) in [4.78, 5) is 39.9. The van der Waals surface area contributed by atoms with Crippen molar-refractivity contribution in [2.45, 2.75) is 29.8 Å². The Labute approximate surface area is 224 Å². The normalized spacial score (nSPS) is 26.3. The van der Waals surface area contributed by atoms with E-state index in [0.717, 1.165) is 12.4 Å². The van der Waals surface area contributed by atoms with Gasteiger partial charge in [-0.2, -0.15) is 13.2 Å². The van der Waals surface area contributed by atoms with Crippen LogP contribution in [0.1, 0.15) is 29.4 Å². The number of alkyl halides is 3. The SMILES string of the molecule is C[C@@]1(c2cc(NC(=O)c3cnc(OCC(F)(F)F)cn3)ccc2F)N=C(N)S[C@@]2(C(=O)N3CCOCC3)C[C@@H]12. The summed E-state index contributed by atoms with van der Waals surface area (Å²) in [6.45, 7) is 2.00. The Bertz CT molecular complexity index is 1320. The Morgan fingerprint density at radius 3 is 2.67 bits per heavy atom. The van der Waals surface area contributed by atoms with Crippen LogP contribution >= 0.6 is 11.8 Å². The van der Waals surface area contributed by atoms with Gasteiger partial charge in [0, 0.05) is 30.3 Å². The number of amidine groups is 1. The number of carbonyl (C=O) groups excluding carboxylic acids is 2. The average Bonchev–Trinajstić information content (AvgIpc) is 3.65. The maximum Gasteiger partial charge on any atom is 0.422 e. The Hall–Kier alpha value is -3.46. The number of fused-ring (bicyclic) bond motifs is 1. The van der Waals surface area contributed by atoms with E-state index in [1.807, 2.05) is 0 Å². The number of halogens is 4. The Balaban J connectivity index is 1.34. The van der Waals surface area contributed by atoms with E-state index in [-0.39, 0.29) is 33.9 Å². The molecule has 0 unspecified atom stereocenters. The molecule has 5 rings (SSSR count). The lowest BCUT2D eigenvalue weighted by Gasteiger charge is -2.37. The quantitative estimate of drug-likeness (QED) is 0.509. The largest absolute Gasteiger partial charge is 0.467 e. The second-order valence-electron chi connectivity index (χ2n) is 9.54. The van der Waals surface area contributed by atoms with Crippen molar-refractivity contribution in [1.29, 1.82) is 0 Å². The Morgan fingerprint density at radius 1 is 1.26 bits per heavy atom. The predicted molar refractivity (Wildman–Crippen MR) is 133 cm³/mol. The van der Waals surface area contributed by atoms with E-state index >= 15 is 4.39 Å². The van der Waals surface area contributed by atoms with Crippen LogP contribution in [0.3, 0.4) is 0 Å². The molecule has 1 aliphatic carbocycles. The standard InChI is InChI=1S/C24H24F4N6O4S/c1-22(17-9-23(17,39-21(29)33-22)20(36)34-4-6-37-7-5-34)14-8-13(2-3-15(14)25)32-19(35)16-10-31-18(11-30-16)38-12-24(26,27)28/h2-3,8,10-11,17H,4-7,9,12H2,1H3,(H2,29,33)(H,32,35)/t17-,22-,23-/m0/s1. The van der Waals surface area contributed by atoms with Crippen LogP contribution < -0.4 is 15.8 Å². The zero-order valence-electron chi connectivity index (χ0n) is 20.6. The molecule has 2 amide bonds. The lowest BCUT2D eigenvalue weighted by atomic mass is 9.85. The fourth-order valence-electron chi connectivity index (χ4n) is 4.94. The number of rotatable bonds is 6. The van der Waals surface area contributed by atoms with Crippen LogP contribution in [0.15, 0.2) is 35.6 Å². The maximum atomic E-state index is 15.2. The molecule has 2 aliphatic heterocycles. The zero-order chi connectivity index (χ0) is 28.0. The van der Waals surface area contributed by atoms with Crippen LogP contribution in [0.2, 0.25) is 0 Å². The summed E-state index contributed by atoms with van der Waals surface area (Å²) in [5, 5.41) is 2.75. The van der Waals surface area contributed by atoms with Gasteiger partial charge in [-0.3, -0.25) is 14.6 Å². The van der Waals surface area contributed by atoms with Gasteiger partial charge in [-0.15, -0.1) is 0 Å². The van der Waals surface area contributed by atoms with E-state index in [2.05, 4.69) is 25.0 Å². The number of hydrogen-bond donors (Lipinski definition) is 2. The van der Waals surface area contributed by atoms with Gasteiger partial charge < -0.3 is 25.4 Å². The van der Waals surface area contributed by atoms with Crippen molar-refractivity contribution < 1.29 is 36.6 Å². The van der Waals surface area contributed by atoms with Gasteiger partial charge in [0.2, 0.25) is 11.8 Å². The molecule has 1 saturated carbocycles. The molecule has 10 nitrogen and oxygen atoms in total. The highest BCUT2D eigenvalue weighted by atomic mass is 32.2. The van der Waals surface area contributed by atoms with Crippen molar-refractivity contribution in [2.24, 2.45) is 16.6 Å². The van der Waals surface area contributed by atoms with Crippen molar-refractivity contribution in [2.75, 3.05) is 38.2 Å². The number of nitrogens with one attached hydrogen (secondary N) is 1. The van der Waals surface area contributed by atoms with Crippen LogP contribution in [0.25, 0.3) is 0 Å². The van der Waals surface area contributed by atoms with Crippen LogP contribution in [-0.2, 0) is 15.1 Å². The van der Waals surface area contributed by atoms with Crippen LogP contribution in [-0.4, -0.2) is 75.7 Å². The summed E-state index contributed by atoms with van der Waals surface area (Å²) in [5.41, 5.74) is 5.17. The van der Waals surface area contributed by atoms with Gasteiger partial charge in [-0.05, 0) is 31.5 Å². The second-order valence-corrected chi connectivity index (χ2v) is 10.9. The van der Waals surface area contributed by atoms with E-state index in [0.29, 0.717) is 32.7 Å². The minimum atomic E-state index is -4.55. The number of ether oxygens (including phenoxy) is 2. The van der Waals surface area contributed by atoms with Crippen molar-refractivity contribution in [3.63, 3.8) is 0 Å². The van der Waals surface area contributed by atoms with Crippen molar-refractivity contribution in [3.8, 4) is 5.88 Å². The second kappa shape index (κ2) is 9.93. The number of benzene rings is 1. The molecular formula is C24H24F4N6O4S. The molecule has 0 bridgehead atoms. The summed E-state index contributed by atoms with van der Waals surface area (Å²) in [7, 11) is 0. The number of thioether (sulfide) groups is 1. The van der Waals surface area contributed by atoms with Gasteiger partial charge in [0.15, 0.2) is 11.8 Å². The molecule has 3 heterocycles. The number of hydrogen-bond acceptors (Lipinski definition) is 9. The zero-order valence-corrected chi connectivity index (χ0v) is 21.4. The molecule has 1 aromatic heterocycles. The molecule has 0 radical (unpaired) electrons. The topological polar surface area (TPSA) is 132 Å². The number of aromatic nitrogens is 2. The number of morpholine rings is 1. The number of nitrogens with two attached hydrogens (primary N) is 1. The smallest absolute Gasteiger partial charge is 0.422 e. The molecule has 1 saturated heterocycles. The molecule has 3 aliphatic rings. The minimum absolute atomic E-state index is 0.0732. The molecule has 3 N–H and O–H groups in total. The fourth-order valence-corrected chi connectivity index (χ4v) is 6.38. The first kappa shape index (κ1) is 27.1. The molecule has 2 aromatic rings. The number of aliphatic imine (C=N–C) groups is 1.